The van der Waals surface area contributed by atoms with E-state index in [4.69, 9.17) is 10.7 Å². The molecular formula is C17H23N7OS. The van der Waals surface area contributed by atoms with Crippen LogP contribution in [-0.4, -0.2) is 38.6 Å². The van der Waals surface area contributed by atoms with E-state index in [0.717, 1.165) is 46.1 Å². The van der Waals surface area contributed by atoms with Gasteiger partial charge in [-0.2, -0.15) is 9.61 Å². The molecule has 1 saturated heterocycles. The molecule has 9 heteroatoms. The molecule has 1 amide bonds. The van der Waals surface area contributed by atoms with Crippen molar-refractivity contribution in [2.75, 3.05) is 17.2 Å². The normalized spacial score (nSPS) is 21.6. The Balaban J connectivity index is 1.72. The molecule has 8 nitrogen and oxygen atoms in total. The van der Waals surface area contributed by atoms with E-state index in [9.17, 15) is 4.79 Å². The van der Waals surface area contributed by atoms with E-state index in [0.29, 0.717) is 12.0 Å². The molecule has 138 valence electrons. The number of anilines is 2. The van der Waals surface area contributed by atoms with Crippen LogP contribution in [0.4, 0.5) is 16.4 Å². The molecule has 1 unspecified atom stereocenters. The van der Waals surface area contributed by atoms with Crippen LogP contribution in [0.15, 0.2) is 17.2 Å². The molecule has 1 aliphatic heterocycles. The standard InChI is InChI=1S/C17H23N7OS/c1-9(2)7-19-13-6-14(21-11-3-4-11)24-16(22-13)10(8-20-24)5-12-15(18)23-17(25)26-12/h5-6,8-9,11,15,21H,3-4,7,18H2,1-2H3,(H,19,22)(H,23,25)/b12-5-. The Morgan fingerprint density at radius 1 is 1.50 bits per heavy atom. The van der Waals surface area contributed by atoms with Crippen molar-refractivity contribution >= 4 is 40.4 Å². The summed E-state index contributed by atoms with van der Waals surface area (Å²) in [4.78, 5) is 17.0. The highest BCUT2D eigenvalue weighted by Crippen LogP contribution is 2.30. The summed E-state index contributed by atoms with van der Waals surface area (Å²) in [5.41, 5.74) is 7.53. The number of carbonyl (C=O) groups is 1. The van der Waals surface area contributed by atoms with Gasteiger partial charge >= 0.3 is 0 Å². The Bertz CT molecular complexity index is 871. The minimum absolute atomic E-state index is 0.136. The van der Waals surface area contributed by atoms with E-state index < -0.39 is 6.17 Å². The average Bonchev–Trinajstić information content (AvgIpc) is 3.22. The fraction of sp³-hybridized carbons (Fsp3) is 0.471. The van der Waals surface area contributed by atoms with E-state index >= 15 is 0 Å². The lowest BCUT2D eigenvalue weighted by atomic mass is 10.2. The van der Waals surface area contributed by atoms with Crippen molar-refractivity contribution in [2.45, 2.75) is 38.9 Å². The lowest BCUT2D eigenvalue weighted by Gasteiger charge is -2.12. The average molecular weight is 373 g/mol. The van der Waals surface area contributed by atoms with Gasteiger partial charge in [0, 0.05) is 29.1 Å². The SMILES string of the molecule is CC(C)CNc1cc(NC2CC2)n2ncc(/C=C3\SC(=O)NC3N)c2n1. The van der Waals surface area contributed by atoms with Gasteiger partial charge in [0.2, 0.25) is 0 Å². The summed E-state index contributed by atoms with van der Waals surface area (Å²) in [5, 5.41) is 13.9. The van der Waals surface area contributed by atoms with Gasteiger partial charge < -0.3 is 21.7 Å². The lowest BCUT2D eigenvalue weighted by molar-refractivity contribution is 0.260. The van der Waals surface area contributed by atoms with Crippen molar-refractivity contribution in [3.05, 3.63) is 22.7 Å². The lowest BCUT2D eigenvalue weighted by Crippen LogP contribution is -2.33. The molecule has 2 fully saturated rings. The molecule has 1 aliphatic carbocycles. The van der Waals surface area contributed by atoms with Crippen LogP contribution in [-0.2, 0) is 0 Å². The zero-order valence-corrected chi connectivity index (χ0v) is 15.6. The minimum Gasteiger partial charge on any atom is -0.370 e. The molecule has 2 aliphatic rings. The largest absolute Gasteiger partial charge is 0.370 e. The Kier molecular flexibility index (Phi) is 4.49. The summed E-state index contributed by atoms with van der Waals surface area (Å²) in [6, 6.07) is 2.50. The number of carbonyl (C=O) groups excluding carboxylic acids is 1. The maximum Gasteiger partial charge on any atom is 0.285 e. The minimum atomic E-state index is -0.478. The van der Waals surface area contributed by atoms with Crippen LogP contribution in [0.2, 0.25) is 0 Å². The van der Waals surface area contributed by atoms with Crippen molar-refractivity contribution in [1.29, 1.82) is 0 Å². The van der Waals surface area contributed by atoms with E-state index in [-0.39, 0.29) is 5.24 Å². The molecule has 0 aromatic carbocycles. The predicted molar refractivity (Wildman–Crippen MR) is 105 cm³/mol. The van der Waals surface area contributed by atoms with Crippen molar-refractivity contribution < 1.29 is 4.79 Å². The molecule has 4 rings (SSSR count). The van der Waals surface area contributed by atoms with Crippen molar-refractivity contribution in [1.82, 2.24) is 19.9 Å². The predicted octanol–water partition coefficient (Wildman–Crippen LogP) is 2.45. The molecule has 1 saturated carbocycles. The number of thioether (sulfide) groups is 1. The molecule has 3 heterocycles. The molecule has 2 aromatic rings. The number of nitrogens with two attached hydrogens (primary N) is 1. The molecule has 2 aromatic heterocycles. The summed E-state index contributed by atoms with van der Waals surface area (Å²) < 4.78 is 1.81. The highest BCUT2D eigenvalue weighted by atomic mass is 32.2. The molecule has 1 atom stereocenters. The first-order valence-corrected chi connectivity index (χ1v) is 9.66. The first-order chi connectivity index (χ1) is 12.5. The van der Waals surface area contributed by atoms with E-state index in [1.165, 1.54) is 12.8 Å². The van der Waals surface area contributed by atoms with Gasteiger partial charge in [-0.15, -0.1) is 0 Å². The van der Waals surface area contributed by atoms with Gasteiger partial charge in [0.05, 0.1) is 6.20 Å². The van der Waals surface area contributed by atoms with Crippen LogP contribution >= 0.6 is 11.8 Å². The van der Waals surface area contributed by atoms with Crippen LogP contribution in [0, 0.1) is 5.92 Å². The zero-order chi connectivity index (χ0) is 18.3. The van der Waals surface area contributed by atoms with Gasteiger partial charge in [0.15, 0.2) is 5.65 Å². The quantitative estimate of drug-likeness (QED) is 0.616. The van der Waals surface area contributed by atoms with Gasteiger partial charge in [0.25, 0.3) is 5.24 Å². The van der Waals surface area contributed by atoms with Gasteiger partial charge in [-0.25, -0.2) is 4.98 Å². The zero-order valence-electron chi connectivity index (χ0n) is 14.8. The third-order valence-corrected chi connectivity index (χ3v) is 5.12. The van der Waals surface area contributed by atoms with Crippen molar-refractivity contribution in [2.24, 2.45) is 11.7 Å². The van der Waals surface area contributed by atoms with E-state index in [2.05, 4.69) is 34.9 Å². The maximum atomic E-state index is 11.5. The molecule has 0 radical (unpaired) electrons. The number of amides is 1. The first-order valence-electron chi connectivity index (χ1n) is 8.84. The number of nitrogens with one attached hydrogen (secondary N) is 3. The van der Waals surface area contributed by atoms with Crippen LogP contribution < -0.4 is 21.7 Å². The number of fused-ring (bicyclic) bond motifs is 1. The summed E-state index contributed by atoms with van der Waals surface area (Å²) in [5.74, 6) is 2.25. The third-order valence-electron chi connectivity index (χ3n) is 4.21. The Morgan fingerprint density at radius 3 is 2.96 bits per heavy atom. The third kappa shape index (κ3) is 3.63. The van der Waals surface area contributed by atoms with Crippen molar-refractivity contribution in [3.63, 3.8) is 0 Å². The number of nitrogens with zero attached hydrogens (tertiary/aromatic N) is 3. The van der Waals surface area contributed by atoms with Crippen LogP contribution in [0.3, 0.4) is 0 Å². The van der Waals surface area contributed by atoms with Gasteiger partial charge in [-0.1, -0.05) is 13.8 Å². The second-order valence-electron chi connectivity index (χ2n) is 7.11. The van der Waals surface area contributed by atoms with E-state index in [1.807, 2.05) is 16.7 Å². The smallest absolute Gasteiger partial charge is 0.285 e. The molecule has 0 bridgehead atoms. The van der Waals surface area contributed by atoms with Crippen LogP contribution in [0.5, 0.6) is 0 Å². The Labute approximate surface area is 156 Å². The van der Waals surface area contributed by atoms with E-state index in [1.54, 1.807) is 6.20 Å². The number of hydrogen-bond donors (Lipinski definition) is 4. The topological polar surface area (TPSA) is 109 Å². The second-order valence-corrected chi connectivity index (χ2v) is 8.16. The summed E-state index contributed by atoms with van der Waals surface area (Å²) in [7, 11) is 0. The Hall–Kier alpha value is -2.26. The maximum absolute atomic E-state index is 11.5. The summed E-state index contributed by atoms with van der Waals surface area (Å²) >= 11 is 1.11. The fourth-order valence-corrected chi connectivity index (χ4v) is 3.46. The number of hydrogen-bond acceptors (Lipinski definition) is 7. The van der Waals surface area contributed by atoms with Gasteiger partial charge in [-0.3, -0.25) is 4.79 Å². The second kappa shape index (κ2) is 6.81. The molecular weight excluding hydrogens is 350 g/mol. The first kappa shape index (κ1) is 17.2. The van der Waals surface area contributed by atoms with Gasteiger partial charge in [0.1, 0.15) is 17.8 Å². The highest BCUT2D eigenvalue weighted by molar-refractivity contribution is 8.17. The monoisotopic (exact) mass is 373 g/mol. The summed E-state index contributed by atoms with van der Waals surface area (Å²) in [6.07, 6.45) is 5.52. The van der Waals surface area contributed by atoms with Crippen LogP contribution in [0.25, 0.3) is 11.7 Å². The Morgan fingerprint density at radius 2 is 2.31 bits per heavy atom. The molecule has 26 heavy (non-hydrogen) atoms. The van der Waals surface area contributed by atoms with Crippen molar-refractivity contribution in [3.8, 4) is 0 Å². The van der Waals surface area contributed by atoms with Gasteiger partial charge in [-0.05, 0) is 36.6 Å². The molecule has 0 spiro atoms. The number of rotatable bonds is 6. The highest BCUT2D eigenvalue weighted by Gasteiger charge is 2.26. The number of aromatic nitrogens is 3. The summed E-state index contributed by atoms with van der Waals surface area (Å²) in [6.45, 7) is 5.16. The van der Waals surface area contributed by atoms with Crippen LogP contribution in [0.1, 0.15) is 32.3 Å². The fourth-order valence-electron chi connectivity index (χ4n) is 2.69. The molecule has 5 N–H and O–H groups in total.